The second-order valence-electron chi connectivity index (χ2n) is 4.31. The molecule has 120 valence electrons. The van der Waals surface area contributed by atoms with Crippen LogP contribution in [0, 0.1) is 5.82 Å². The molecule has 2 N–H and O–H groups in total. The van der Waals surface area contributed by atoms with Gasteiger partial charge < -0.3 is 10.2 Å². The molecule has 0 saturated heterocycles. The molecule has 0 amide bonds. The maximum Gasteiger partial charge on any atom is 0.371 e. The van der Waals surface area contributed by atoms with Gasteiger partial charge in [0, 0.05) is 16.8 Å². The highest BCUT2D eigenvalue weighted by Crippen LogP contribution is 2.28. The molecule has 2 aromatic rings. The summed E-state index contributed by atoms with van der Waals surface area (Å²) in [4.78, 5) is 21.9. The third kappa shape index (κ3) is 3.46. The number of rotatable bonds is 5. The summed E-state index contributed by atoms with van der Waals surface area (Å²) < 4.78 is 37.9. The smallest absolute Gasteiger partial charge is 0.371 e. The Kier molecular flexibility index (Phi) is 4.62. The van der Waals surface area contributed by atoms with Gasteiger partial charge in [0.1, 0.15) is 5.82 Å². The highest BCUT2D eigenvalue weighted by Gasteiger charge is 2.25. The van der Waals surface area contributed by atoms with E-state index in [1.807, 2.05) is 0 Å². The Morgan fingerprint density at radius 1 is 1.09 bits per heavy atom. The molecule has 1 aromatic heterocycles. The molecule has 0 bridgehead atoms. The van der Waals surface area contributed by atoms with E-state index in [9.17, 15) is 22.4 Å². The van der Waals surface area contributed by atoms with Crippen molar-refractivity contribution in [1.82, 2.24) is 0 Å². The number of hydrogen-bond donors (Lipinski definition) is 2. The van der Waals surface area contributed by atoms with Crippen molar-refractivity contribution in [3.05, 3.63) is 58.2 Å². The molecular formula is C14H9FO6S2. The van der Waals surface area contributed by atoms with Crippen LogP contribution in [0.2, 0.25) is 0 Å². The number of carbonyl (C=O) groups is 2. The SMILES string of the molecule is O=C(O)C(O)=CC(=O)c1cscc1S(=O)(=O)c1ccc(F)cc1. The highest BCUT2D eigenvalue weighted by molar-refractivity contribution is 7.91. The van der Waals surface area contributed by atoms with E-state index in [-0.39, 0.29) is 15.4 Å². The quantitative estimate of drug-likeness (QED) is 0.369. The predicted octanol–water partition coefficient (Wildman–Crippen LogP) is 2.43. The third-order valence-corrected chi connectivity index (χ3v) is 5.49. The summed E-state index contributed by atoms with van der Waals surface area (Å²) in [5.41, 5.74) is -0.271. The summed E-state index contributed by atoms with van der Waals surface area (Å²) in [6, 6.07) is 4.05. The van der Waals surface area contributed by atoms with Crippen molar-refractivity contribution in [3.63, 3.8) is 0 Å². The van der Waals surface area contributed by atoms with Crippen LogP contribution in [-0.4, -0.2) is 30.4 Å². The normalized spacial score (nSPS) is 12.1. The van der Waals surface area contributed by atoms with Crippen LogP contribution in [-0.2, 0) is 14.6 Å². The Morgan fingerprint density at radius 2 is 1.70 bits per heavy atom. The summed E-state index contributed by atoms with van der Waals surface area (Å²) in [6.45, 7) is 0. The van der Waals surface area contributed by atoms with Gasteiger partial charge in [-0.25, -0.2) is 17.6 Å². The van der Waals surface area contributed by atoms with Crippen LogP contribution in [0.1, 0.15) is 10.4 Å². The fourth-order valence-corrected chi connectivity index (χ4v) is 4.32. The van der Waals surface area contributed by atoms with Gasteiger partial charge in [-0.05, 0) is 24.3 Å². The van der Waals surface area contributed by atoms with Gasteiger partial charge >= 0.3 is 5.97 Å². The van der Waals surface area contributed by atoms with Crippen LogP contribution in [0.5, 0.6) is 0 Å². The van der Waals surface area contributed by atoms with Crippen LogP contribution in [0.4, 0.5) is 4.39 Å². The summed E-state index contributed by atoms with van der Waals surface area (Å²) in [5, 5.41) is 20.1. The van der Waals surface area contributed by atoms with Gasteiger partial charge in [-0.15, -0.1) is 0 Å². The number of sulfone groups is 1. The Bertz CT molecular complexity index is 894. The molecule has 2 rings (SSSR count). The minimum Gasteiger partial charge on any atom is -0.502 e. The molecule has 23 heavy (non-hydrogen) atoms. The van der Waals surface area contributed by atoms with E-state index in [4.69, 9.17) is 10.2 Å². The lowest BCUT2D eigenvalue weighted by molar-refractivity contribution is -0.135. The van der Waals surface area contributed by atoms with E-state index in [0.717, 1.165) is 35.6 Å². The number of carboxylic acid groups (broad SMARTS) is 1. The topological polar surface area (TPSA) is 109 Å². The minimum atomic E-state index is -4.08. The summed E-state index contributed by atoms with van der Waals surface area (Å²) in [5.74, 6) is -4.49. The lowest BCUT2D eigenvalue weighted by Gasteiger charge is -2.04. The van der Waals surface area contributed by atoms with Gasteiger partial charge in [-0.1, -0.05) is 0 Å². The summed E-state index contributed by atoms with van der Waals surface area (Å²) in [6.07, 6.45) is 0.425. The largest absolute Gasteiger partial charge is 0.502 e. The van der Waals surface area contributed by atoms with Crippen LogP contribution in [0.15, 0.2) is 56.7 Å². The number of aliphatic hydroxyl groups is 1. The summed E-state index contributed by atoms with van der Waals surface area (Å²) >= 11 is 0.922. The van der Waals surface area contributed by atoms with Gasteiger partial charge in [0.25, 0.3) is 0 Å². The van der Waals surface area contributed by atoms with Crippen molar-refractivity contribution in [2.24, 2.45) is 0 Å². The Morgan fingerprint density at radius 3 is 2.26 bits per heavy atom. The molecule has 6 nitrogen and oxygen atoms in total. The number of carbonyl (C=O) groups excluding carboxylic acids is 1. The van der Waals surface area contributed by atoms with E-state index in [1.54, 1.807) is 0 Å². The molecule has 9 heteroatoms. The standard InChI is InChI=1S/C14H9FO6S2/c15-8-1-3-9(4-2-8)23(20,21)13-7-22-6-10(13)11(16)5-12(17)14(18)19/h1-7,17H,(H,18,19). The van der Waals surface area contributed by atoms with Crippen molar-refractivity contribution in [1.29, 1.82) is 0 Å². The van der Waals surface area contributed by atoms with Gasteiger partial charge in [0.2, 0.25) is 15.6 Å². The molecule has 1 heterocycles. The lowest BCUT2D eigenvalue weighted by Crippen LogP contribution is -2.08. The zero-order chi connectivity index (χ0) is 17.2. The van der Waals surface area contributed by atoms with Crippen LogP contribution >= 0.6 is 11.3 Å². The first-order valence-electron chi connectivity index (χ1n) is 5.98. The molecule has 0 spiro atoms. The molecule has 0 aliphatic heterocycles. The van der Waals surface area contributed by atoms with Crippen molar-refractivity contribution in [2.75, 3.05) is 0 Å². The Hall–Kier alpha value is -2.52. The minimum absolute atomic E-state index is 0.210. The van der Waals surface area contributed by atoms with Crippen LogP contribution < -0.4 is 0 Å². The number of aliphatic hydroxyl groups excluding tert-OH is 1. The molecule has 0 fully saturated rings. The number of hydrogen-bond acceptors (Lipinski definition) is 6. The lowest BCUT2D eigenvalue weighted by atomic mass is 10.2. The first-order chi connectivity index (χ1) is 10.7. The van der Waals surface area contributed by atoms with E-state index in [2.05, 4.69) is 0 Å². The first-order valence-corrected chi connectivity index (χ1v) is 8.41. The van der Waals surface area contributed by atoms with Gasteiger partial charge in [-0.3, -0.25) is 4.79 Å². The number of halogens is 1. The monoisotopic (exact) mass is 356 g/mol. The van der Waals surface area contributed by atoms with E-state index < -0.39 is 33.2 Å². The van der Waals surface area contributed by atoms with Gasteiger partial charge in [0.05, 0.1) is 15.4 Å². The van der Waals surface area contributed by atoms with Crippen LogP contribution in [0.25, 0.3) is 0 Å². The van der Waals surface area contributed by atoms with E-state index >= 15 is 0 Å². The molecular weight excluding hydrogens is 347 g/mol. The summed E-state index contributed by atoms with van der Waals surface area (Å²) in [7, 11) is -4.08. The zero-order valence-corrected chi connectivity index (χ0v) is 12.9. The number of ketones is 1. The van der Waals surface area contributed by atoms with Crippen molar-refractivity contribution in [2.45, 2.75) is 9.79 Å². The second-order valence-corrected chi connectivity index (χ2v) is 6.97. The molecule has 0 unspecified atom stereocenters. The molecule has 0 atom stereocenters. The number of benzene rings is 1. The van der Waals surface area contributed by atoms with E-state index in [0.29, 0.717) is 6.08 Å². The number of carboxylic acids is 1. The van der Waals surface area contributed by atoms with Crippen molar-refractivity contribution >= 4 is 32.9 Å². The maximum absolute atomic E-state index is 12.9. The van der Waals surface area contributed by atoms with E-state index in [1.165, 1.54) is 10.8 Å². The van der Waals surface area contributed by atoms with Crippen LogP contribution in [0.3, 0.4) is 0 Å². The maximum atomic E-state index is 12.9. The molecule has 1 aromatic carbocycles. The molecule has 0 aliphatic carbocycles. The highest BCUT2D eigenvalue weighted by atomic mass is 32.2. The third-order valence-electron chi connectivity index (χ3n) is 2.79. The Labute approximate surface area is 134 Å². The average Bonchev–Trinajstić information content (AvgIpc) is 2.97. The second kappa shape index (κ2) is 6.31. The van der Waals surface area contributed by atoms with Gasteiger partial charge in [-0.2, -0.15) is 11.3 Å². The van der Waals surface area contributed by atoms with Crippen molar-refractivity contribution < 1.29 is 32.6 Å². The fourth-order valence-electron chi connectivity index (χ4n) is 1.68. The van der Waals surface area contributed by atoms with Gasteiger partial charge in [0.15, 0.2) is 5.78 Å². The molecule has 0 saturated carbocycles. The Balaban J connectivity index is 2.49. The fraction of sp³-hybridized carbons (Fsp3) is 0. The average molecular weight is 356 g/mol. The number of aliphatic carboxylic acids is 1. The zero-order valence-electron chi connectivity index (χ0n) is 11.3. The van der Waals surface area contributed by atoms with Crippen molar-refractivity contribution in [3.8, 4) is 0 Å². The number of thiophene rings is 1. The molecule has 0 radical (unpaired) electrons. The first kappa shape index (κ1) is 16.8. The number of allylic oxidation sites excluding steroid dienone is 1. The predicted molar refractivity (Wildman–Crippen MR) is 78.8 cm³/mol. The molecule has 0 aliphatic rings.